The van der Waals surface area contributed by atoms with Crippen LogP contribution in [0.3, 0.4) is 0 Å². The summed E-state index contributed by atoms with van der Waals surface area (Å²) in [5.74, 6) is -1.10. The number of hydrogen-bond donors (Lipinski definition) is 1. The summed E-state index contributed by atoms with van der Waals surface area (Å²) < 4.78 is 4.65. The highest BCUT2D eigenvalue weighted by molar-refractivity contribution is 5.81. The maximum absolute atomic E-state index is 11.2. The minimum atomic E-state index is -1.10. The second-order valence-corrected chi connectivity index (χ2v) is 3.99. The van der Waals surface area contributed by atoms with Crippen LogP contribution in [-0.2, 0) is 9.53 Å². The van der Waals surface area contributed by atoms with E-state index < -0.39 is 18.2 Å². The summed E-state index contributed by atoms with van der Waals surface area (Å²) in [5, 5.41) is 8.61. The lowest BCUT2D eigenvalue weighted by Crippen LogP contribution is -2.42. The number of carboxylic acid groups (broad SMARTS) is 1. The average molecular weight is 187 g/mol. The Bertz CT molecular complexity index is 243. The molecule has 0 aromatic carbocycles. The zero-order valence-electron chi connectivity index (χ0n) is 7.90. The smallest absolute Gasteiger partial charge is 0.411 e. The lowest BCUT2D eigenvalue weighted by atomic mass is 10.1. The molecule has 1 aliphatic heterocycles. The van der Waals surface area contributed by atoms with Crippen LogP contribution < -0.4 is 0 Å². The van der Waals surface area contributed by atoms with Crippen molar-refractivity contribution >= 4 is 12.1 Å². The van der Waals surface area contributed by atoms with E-state index in [0.29, 0.717) is 0 Å². The molecule has 0 aliphatic carbocycles. The first-order valence-electron chi connectivity index (χ1n) is 4.03. The second-order valence-electron chi connectivity index (χ2n) is 3.99. The van der Waals surface area contributed by atoms with Crippen molar-refractivity contribution in [3.63, 3.8) is 0 Å². The molecule has 1 aliphatic rings. The maximum atomic E-state index is 11.2. The van der Waals surface area contributed by atoms with Crippen molar-refractivity contribution in [1.82, 2.24) is 4.90 Å². The highest BCUT2D eigenvalue weighted by atomic mass is 16.6. The zero-order valence-corrected chi connectivity index (χ0v) is 7.90. The Morgan fingerprint density at radius 2 is 2.15 bits per heavy atom. The third kappa shape index (κ3) is 1.91. The van der Waals surface area contributed by atoms with Crippen molar-refractivity contribution in [3.05, 3.63) is 0 Å². The van der Waals surface area contributed by atoms with Gasteiger partial charge in [-0.05, 0) is 20.8 Å². The summed E-state index contributed by atoms with van der Waals surface area (Å²) in [6.07, 6.45) is -1.58. The standard InChI is InChI=1S/C8H13NO4/c1-8(2,3)9-4-5(6(10)11)13-7(9)12/h5H,4H2,1-3H3,(H,10,11)/t5-/m1/s1. The third-order valence-electron chi connectivity index (χ3n) is 1.90. The molecule has 0 saturated carbocycles. The highest BCUT2D eigenvalue weighted by Crippen LogP contribution is 2.21. The highest BCUT2D eigenvalue weighted by Gasteiger charge is 2.41. The number of carbonyl (C=O) groups excluding carboxylic acids is 1. The molecule has 5 heteroatoms. The van der Waals surface area contributed by atoms with Gasteiger partial charge in [-0.25, -0.2) is 9.59 Å². The van der Waals surface area contributed by atoms with Crippen molar-refractivity contribution in [3.8, 4) is 0 Å². The van der Waals surface area contributed by atoms with E-state index in [1.54, 1.807) is 0 Å². The van der Waals surface area contributed by atoms with E-state index in [9.17, 15) is 9.59 Å². The molecule has 1 fully saturated rings. The van der Waals surface area contributed by atoms with Gasteiger partial charge in [-0.3, -0.25) is 4.90 Å². The Morgan fingerprint density at radius 1 is 1.62 bits per heavy atom. The summed E-state index contributed by atoms with van der Waals surface area (Å²) in [5.41, 5.74) is -0.388. The molecule has 1 heterocycles. The largest absolute Gasteiger partial charge is 0.478 e. The lowest BCUT2D eigenvalue weighted by molar-refractivity contribution is -0.144. The minimum Gasteiger partial charge on any atom is -0.478 e. The summed E-state index contributed by atoms with van der Waals surface area (Å²) >= 11 is 0. The second kappa shape index (κ2) is 2.90. The van der Waals surface area contributed by atoms with Crippen molar-refractivity contribution in [1.29, 1.82) is 0 Å². The maximum Gasteiger partial charge on any atom is 0.411 e. The summed E-state index contributed by atoms with van der Waals surface area (Å²) in [7, 11) is 0. The molecule has 0 aromatic heterocycles. The Morgan fingerprint density at radius 3 is 2.38 bits per heavy atom. The van der Waals surface area contributed by atoms with Crippen molar-refractivity contribution in [2.24, 2.45) is 0 Å². The van der Waals surface area contributed by atoms with Crippen molar-refractivity contribution in [2.45, 2.75) is 32.4 Å². The Kier molecular flexibility index (Phi) is 2.19. The molecule has 74 valence electrons. The predicted molar refractivity (Wildman–Crippen MR) is 44.4 cm³/mol. The van der Waals surface area contributed by atoms with Crippen LogP contribution in [0.4, 0.5) is 4.79 Å². The van der Waals surface area contributed by atoms with E-state index >= 15 is 0 Å². The molecule has 1 amide bonds. The van der Waals surface area contributed by atoms with E-state index in [0.717, 1.165) is 0 Å². The van der Waals surface area contributed by atoms with E-state index in [1.807, 2.05) is 20.8 Å². The van der Waals surface area contributed by atoms with Crippen LogP contribution in [0, 0.1) is 0 Å². The molecule has 0 bridgehead atoms. The lowest BCUT2D eigenvalue weighted by Gasteiger charge is -2.28. The molecular weight excluding hydrogens is 174 g/mol. The Balaban J connectivity index is 2.73. The monoisotopic (exact) mass is 187 g/mol. The van der Waals surface area contributed by atoms with E-state index in [2.05, 4.69) is 4.74 Å². The molecule has 0 spiro atoms. The molecule has 13 heavy (non-hydrogen) atoms. The van der Waals surface area contributed by atoms with Gasteiger partial charge >= 0.3 is 12.1 Å². The van der Waals surface area contributed by atoms with Gasteiger partial charge in [0.05, 0.1) is 6.54 Å². The van der Waals surface area contributed by atoms with Gasteiger partial charge in [0.1, 0.15) is 0 Å². The van der Waals surface area contributed by atoms with Gasteiger partial charge in [0.25, 0.3) is 0 Å². The van der Waals surface area contributed by atoms with Gasteiger partial charge in [-0.2, -0.15) is 0 Å². The summed E-state index contributed by atoms with van der Waals surface area (Å²) in [4.78, 5) is 23.1. The molecule has 1 atom stereocenters. The van der Waals surface area contributed by atoms with Crippen LogP contribution in [-0.4, -0.2) is 40.3 Å². The topological polar surface area (TPSA) is 66.8 Å². The Hall–Kier alpha value is -1.26. The molecule has 0 radical (unpaired) electrons. The number of amides is 1. The van der Waals surface area contributed by atoms with Gasteiger partial charge in [0.15, 0.2) is 0 Å². The zero-order chi connectivity index (χ0) is 10.2. The number of ether oxygens (including phenoxy) is 1. The fourth-order valence-electron chi connectivity index (χ4n) is 1.14. The SMILES string of the molecule is CC(C)(C)N1C[C@H](C(=O)O)OC1=O. The van der Waals surface area contributed by atoms with Crippen LogP contribution in [0.5, 0.6) is 0 Å². The van der Waals surface area contributed by atoms with E-state index in [1.165, 1.54) is 4.90 Å². The first-order valence-corrected chi connectivity index (χ1v) is 4.03. The molecule has 1 N–H and O–H groups in total. The first kappa shape index (κ1) is 9.83. The number of rotatable bonds is 1. The number of hydrogen-bond acceptors (Lipinski definition) is 3. The summed E-state index contributed by atoms with van der Waals surface area (Å²) in [6.45, 7) is 5.62. The van der Waals surface area contributed by atoms with Gasteiger partial charge in [-0.15, -0.1) is 0 Å². The molecule has 1 rings (SSSR count). The van der Waals surface area contributed by atoms with Crippen LogP contribution in [0.1, 0.15) is 20.8 Å². The van der Waals surface area contributed by atoms with Crippen molar-refractivity contribution in [2.75, 3.05) is 6.54 Å². The molecule has 5 nitrogen and oxygen atoms in total. The Labute approximate surface area is 76.3 Å². The normalized spacial score (nSPS) is 23.2. The fraction of sp³-hybridized carbons (Fsp3) is 0.750. The predicted octanol–water partition coefficient (Wildman–Crippen LogP) is 0.690. The summed E-state index contributed by atoms with van der Waals surface area (Å²) in [6, 6.07) is 0. The number of carbonyl (C=O) groups is 2. The van der Waals surface area contributed by atoms with Crippen LogP contribution in [0.15, 0.2) is 0 Å². The molecule has 1 saturated heterocycles. The van der Waals surface area contributed by atoms with Gasteiger partial charge in [0.2, 0.25) is 6.10 Å². The van der Waals surface area contributed by atoms with E-state index in [-0.39, 0.29) is 12.1 Å². The van der Waals surface area contributed by atoms with Crippen LogP contribution in [0.2, 0.25) is 0 Å². The average Bonchev–Trinajstić information content (AvgIpc) is 2.29. The van der Waals surface area contributed by atoms with Crippen LogP contribution in [0.25, 0.3) is 0 Å². The van der Waals surface area contributed by atoms with Gasteiger partial charge in [-0.1, -0.05) is 0 Å². The third-order valence-corrected chi connectivity index (χ3v) is 1.90. The molecule has 0 aromatic rings. The van der Waals surface area contributed by atoms with Crippen molar-refractivity contribution < 1.29 is 19.4 Å². The van der Waals surface area contributed by atoms with E-state index in [4.69, 9.17) is 5.11 Å². The van der Waals surface area contributed by atoms with Gasteiger partial charge in [0, 0.05) is 5.54 Å². The first-order chi connectivity index (χ1) is 5.82. The quantitative estimate of drug-likeness (QED) is 0.655. The van der Waals surface area contributed by atoms with Crippen LogP contribution >= 0.6 is 0 Å². The van der Waals surface area contributed by atoms with Gasteiger partial charge < -0.3 is 9.84 Å². The molecular formula is C8H13NO4. The number of aliphatic carboxylic acids is 1. The number of carboxylic acids is 1. The molecule has 0 unspecified atom stereocenters. The number of nitrogens with zero attached hydrogens (tertiary/aromatic N) is 1. The fourth-order valence-corrected chi connectivity index (χ4v) is 1.14. The minimum absolute atomic E-state index is 0.123. The number of cyclic esters (lactones) is 1.